The Bertz CT molecular complexity index is 452. The number of hydrogen-bond acceptors (Lipinski definition) is 3. The van der Waals surface area contributed by atoms with E-state index in [0.717, 1.165) is 0 Å². The molecule has 0 saturated carbocycles. The summed E-state index contributed by atoms with van der Waals surface area (Å²) in [6, 6.07) is 4.82. The van der Waals surface area contributed by atoms with Crippen molar-refractivity contribution >= 4 is 29.1 Å². The van der Waals surface area contributed by atoms with Crippen molar-refractivity contribution in [2.75, 3.05) is 13.2 Å². The number of nitrogens with one attached hydrogen (secondary N) is 1. The molecular formula is C14H19Cl2NO3. The van der Waals surface area contributed by atoms with Crippen LogP contribution in [-0.4, -0.2) is 30.3 Å². The second-order valence-corrected chi connectivity index (χ2v) is 5.70. The van der Waals surface area contributed by atoms with Crippen molar-refractivity contribution in [3.8, 4) is 5.75 Å². The van der Waals surface area contributed by atoms with Crippen molar-refractivity contribution in [1.29, 1.82) is 0 Å². The van der Waals surface area contributed by atoms with Crippen LogP contribution in [0.5, 0.6) is 5.75 Å². The molecule has 0 aliphatic heterocycles. The van der Waals surface area contributed by atoms with Crippen LogP contribution in [0.15, 0.2) is 18.2 Å². The average Bonchev–Trinajstić information content (AvgIpc) is 2.36. The van der Waals surface area contributed by atoms with Crippen molar-refractivity contribution in [1.82, 2.24) is 5.32 Å². The quantitative estimate of drug-likeness (QED) is 0.812. The molecule has 1 amide bonds. The van der Waals surface area contributed by atoms with E-state index in [0.29, 0.717) is 28.8 Å². The van der Waals surface area contributed by atoms with Gasteiger partial charge in [-0.15, -0.1) is 0 Å². The Kier molecular flexibility index (Phi) is 7.13. The van der Waals surface area contributed by atoms with Gasteiger partial charge in [0.25, 0.3) is 5.91 Å². The molecule has 2 N–H and O–H groups in total. The van der Waals surface area contributed by atoms with Crippen LogP contribution in [0.2, 0.25) is 10.0 Å². The van der Waals surface area contributed by atoms with Gasteiger partial charge >= 0.3 is 0 Å². The molecule has 0 aliphatic carbocycles. The van der Waals surface area contributed by atoms with Crippen LogP contribution in [-0.2, 0) is 4.79 Å². The third kappa shape index (κ3) is 6.46. The Morgan fingerprint density at radius 2 is 2.10 bits per heavy atom. The van der Waals surface area contributed by atoms with E-state index in [-0.39, 0.29) is 24.5 Å². The Morgan fingerprint density at radius 1 is 1.40 bits per heavy atom. The highest BCUT2D eigenvalue weighted by atomic mass is 35.5. The third-order valence-corrected chi connectivity index (χ3v) is 3.19. The summed E-state index contributed by atoms with van der Waals surface area (Å²) in [6.45, 7) is 4.06. The van der Waals surface area contributed by atoms with E-state index in [9.17, 15) is 9.90 Å². The molecule has 0 bridgehead atoms. The standard InChI is InChI=1S/C14H19Cl2NO3/c1-9(5-10(2)18)7-17-14(19)8-20-13-6-11(15)3-4-12(13)16/h3-4,6,9-10,18H,5,7-8H2,1-2H3,(H,17,19). The fourth-order valence-corrected chi connectivity index (χ4v) is 2.07. The number of hydrogen-bond donors (Lipinski definition) is 2. The van der Waals surface area contributed by atoms with Crippen molar-refractivity contribution in [3.63, 3.8) is 0 Å². The maximum atomic E-state index is 11.6. The monoisotopic (exact) mass is 319 g/mol. The second-order valence-electron chi connectivity index (χ2n) is 4.86. The first-order valence-electron chi connectivity index (χ1n) is 6.41. The Hall–Kier alpha value is -0.970. The molecule has 0 aliphatic rings. The van der Waals surface area contributed by atoms with Crippen LogP contribution in [0.4, 0.5) is 0 Å². The molecule has 1 rings (SSSR count). The Labute approximate surface area is 129 Å². The van der Waals surface area contributed by atoms with Crippen LogP contribution >= 0.6 is 23.2 Å². The lowest BCUT2D eigenvalue weighted by Crippen LogP contribution is -2.33. The summed E-state index contributed by atoms with van der Waals surface area (Å²) in [6.07, 6.45) is 0.268. The molecular weight excluding hydrogens is 301 g/mol. The highest BCUT2D eigenvalue weighted by Gasteiger charge is 2.10. The van der Waals surface area contributed by atoms with Crippen molar-refractivity contribution in [3.05, 3.63) is 28.2 Å². The topological polar surface area (TPSA) is 58.6 Å². The molecule has 2 atom stereocenters. The van der Waals surface area contributed by atoms with Crippen molar-refractivity contribution < 1.29 is 14.6 Å². The van der Waals surface area contributed by atoms with E-state index in [2.05, 4.69) is 5.32 Å². The molecule has 0 radical (unpaired) electrons. The van der Waals surface area contributed by atoms with Crippen LogP contribution in [0.25, 0.3) is 0 Å². The van der Waals surface area contributed by atoms with Crippen LogP contribution in [0.3, 0.4) is 0 Å². The lowest BCUT2D eigenvalue weighted by atomic mass is 10.1. The zero-order chi connectivity index (χ0) is 15.1. The van der Waals surface area contributed by atoms with Crippen LogP contribution < -0.4 is 10.1 Å². The zero-order valence-corrected chi connectivity index (χ0v) is 13.0. The number of rotatable bonds is 7. The fraction of sp³-hybridized carbons (Fsp3) is 0.500. The molecule has 0 saturated heterocycles. The van der Waals surface area contributed by atoms with Gasteiger partial charge in [0.2, 0.25) is 0 Å². The number of ether oxygens (including phenoxy) is 1. The number of halogens is 2. The van der Waals surface area contributed by atoms with Crippen molar-refractivity contribution in [2.45, 2.75) is 26.4 Å². The van der Waals surface area contributed by atoms with E-state index in [4.69, 9.17) is 27.9 Å². The highest BCUT2D eigenvalue weighted by Crippen LogP contribution is 2.27. The summed E-state index contributed by atoms with van der Waals surface area (Å²) in [7, 11) is 0. The Balaban J connectivity index is 2.34. The van der Waals surface area contributed by atoms with Gasteiger partial charge in [-0.3, -0.25) is 4.79 Å². The highest BCUT2D eigenvalue weighted by molar-refractivity contribution is 6.34. The number of aliphatic hydroxyl groups excluding tert-OH is 1. The third-order valence-electron chi connectivity index (χ3n) is 2.64. The summed E-state index contributed by atoms with van der Waals surface area (Å²) in [5, 5.41) is 12.9. The maximum absolute atomic E-state index is 11.6. The minimum atomic E-state index is -0.372. The van der Waals surface area contributed by atoms with Gasteiger partial charge in [-0.05, 0) is 31.4 Å². The number of aliphatic hydroxyl groups is 1. The second kappa shape index (κ2) is 8.35. The zero-order valence-electron chi connectivity index (χ0n) is 11.5. The number of carbonyl (C=O) groups is 1. The van der Waals surface area contributed by atoms with Gasteiger partial charge in [-0.25, -0.2) is 0 Å². The number of benzene rings is 1. The summed E-state index contributed by atoms with van der Waals surface area (Å²) in [5.41, 5.74) is 0. The normalized spacial score (nSPS) is 13.7. The smallest absolute Gasteiger partial charge is 0.257 e. The summed E-state index contributed by atoms with van der Waals surface area (Å²) < 4.78 is 5.31. The molecule has 1 aromatic carbocycles. The van der Waals surface area contributed by atoms with Gasteiger partial charge in [-0.2, -0.15) is 0 Å². The predicted molar refractivity (Wildman–Crippen MR) is 80.4 cm³/mol. The first kappa shape index (κ1) is 17.1. The molecule has 0 heterocycles. The van der Waals surface area contributed by atoms with E-state index in [1.807, 2.05) is 6.92 Å². The molecule has 112 valence electrons. The van der Waals surface area contributed by atoms with E-state index >= 15 is 0 Å². The molecule has 2 unspecified atom stereocenters. The van der Waals surface area contributed by atoms with Crippen LogP contribution in [0, 0.1) is 5.92 Å². The lowest BCUT2D eigenvalue weighted by molar-refractivity contribution is -0.123. The Morgan fingerprint density at radius 3 is 2.75 bits per heavy atom. The van der Waals surface area contributed by atoms with E-state index in [1.54, 1.807) is 25.1 Å². The van der Waals surface area contributed by atoms with E-state index in [1.165, 1.54) is 0 Å². The molecule has 0 fully saturated rings. The largest absolute Gasteiger partial charge is 0.482 e. The lowest BCUT2D eigenvalue weighted by Gasteiger charge is -2.14. The fourth-order valence-electron chi connectivity index (χ4n) is 1.74. The van der Waals surface area contributed by atoms with Gasteiger partial charge in [0.05, 0.1) is 11.1 Å². The SMILES string of the molecule is CC(O)CC(C)CNC(=O)COc1cc(Cl)ccc1Cl. The van der Waals surface area contributed by atoms with Crippen molar-refractivity contribution in [2.24, 2.45) is 5.92 Å². The molecule has 4 nitrogen and oxygen atoms in total. The van der Waals surface area contributed by atoms with Gasteiger partial charge in [0.15, 0.2) is 6.61 Å². The first-order valence-corrected chi connectivity index (χ1v) is 7.16. The maximum Gasteiger partial charge on any atom is 0.257 e. The average molecular weight is 320 g/mol. The molecule has 6 heteroatoms. The molecule has 1 aromatic rings. The van der Waals surface area contributed by atoms with Crippen LogP contribution in [0.1, 0.15) is 20.3 Å². The minimum absolute atomic E-state index is 0.124. The summed E-state index contributed by atoms with van der Waals surface area (Å²) >= 11 is 11.7. The van der Waals surface area contributed by atoms with Gasteiger partial charge in [0, 0.05) is 17.6 Å². The number of carbonyl (C=O) groups excluding carboxylic acids is 1. The molecule has 0 aromatic heterocycles. The molecule has 20 heavy (non-hydrogen) atoms. The predicted octanol–water partition coefficient (Wildman–Crippen LogP) is 2.90. The summed E-state index contributed by atoms with van der Waals surface area (Å²) in [4.78, 5) is 11.6. The van der Waals surface area contributed by atoms with Gasteiger partial charge in [0.1, 0.15) is 5.75 Å². The van der Waals surface area contributed by atoms with E-state index < -0.39 is 0 Å². The number of amides is 1. The molecule has 0 spiro atoms. The first-order chi connectivity index (χ1) is 9.38. The summed E-state index contributed by atoms with van der Waals surface area (Å²) in [5.74, 6) is 0.346. The minimum Gasteiger partial charge on any atom is -0.482 e. The van der Waals surface area contributed by atoms with Gasteiger partial charge < -0.3 is 15.2 Å². The van der Waals surface area contributed by atoms with Gasteiger partial charge in [-0.1, -0.05) is 30.1 Å².